The van der Waals surface area contributed by atoms with Crippen LogP contribution in [0.15, 0.2) is 64.4 Å². The topological polar surface area (TPSA) is 116 Å². The molecule has 9 nitrogen and oxygen atoms in total. The minimum atomic E-state index is -4.42. The third kappa shape index (κ3) is 5.64. The van der Waals surface area contributed by atoms with E-state index in [1.165, 1.54) is 55.3 Å². The van der Waals surface area contributed by atoms with Gasteiger partial charge in [0.15, 0.2) is 15.8 Å². The lowest BCUT2D eigenvalue weighted by Crippen LogP contribution is -2.27. The monoisotopic (exact) mass is 610 g/mol. The number of halogens is 2. The van der Waals surface area contributed by atoms with Crippen LogP contribution in [0.25, 0.3) is 6.08 Å². The summed E-state index contributed by atoms with van der Waals surface area (Å²) in [6.45, 7) is 1.50. The molecule has 4 rings (SSSR count). The number of nitro groups is 1. The Labute approximate surface area is 237 Å². The van der Waals surface area contributed by atoms with E-state index in [-0.39, 0.29) is 31.4 Å². The van der Waals surface area contributed by atoms with Crippen LogP contribution in [0, 0.1) is 17.0 Å². The quantitative estimate of drug-likeness (QED) is 0.0985. The van der Waals surface area contributed by atoms with Crippen LogP contribution in [0.3, 0.4) is 0 Å². The number of hydrogen-bond acceptors (Lipinski definition) is 9. The van der Waals surface area contributed by atoms with Gasteiger partial charge in [0.2, 0.25) is 0 Å². The van der Waals surface area contributed by atoms with Gasteiger partial charge in [-0.2, -0.15) is 8.42 Å². The molecule has 0 spiro atoms. The van der Waals surface area contributed by atoms with E-state index in [0.29, 0.717) is 26.7 Å². The molecule has 14 heteroatoms. The molecule has 0 N–H and O–H groups in total. The van der Waals surface area contributed by atoms with Crippen molar-refractivity contribution in [3.63, 3.8) is 0 Å². The van der Waals surface area contributed by atoms with Crippen LogP contribution in [-0.4, -0.2) is 30.7 Å². The number of benzene rings is 3. The average Bonchev–Trinajstić information content (AvgIpc) is 3.12. The molecule has 0 saturated carbocycles. The Morgan fingerprint density at radius 3 is 2.47 bits per heavy atom. The van der Waals surface area contributed by atoms with E-state index < -0.39 is 20.9 Å². The summed E-state index contributed by atoms with van der Waals surface area (Å²) in [6, 6.07) is 12.5. The summed E-state index contributed by atoms with van der Waals surface area (Å²) < 4.78 is 36.4. The molecule has 0 radical (unpaired) electrons. The van der Waals surface area contributed by atoms with Gasteiger partial charge in [0.25, 0.3) is 11.6 Å². The van der Waals surface area contributed by atoms with Crippen molar-refractivity contribution >= 4 is 85.0 Å². The zero-order valence-corrected chi connectivity index (χ0v) is 23.5. The van der Waals surface area contributed by atoms with Gasteiger partial charge >= 0.3 is 10.1 Å². The smallest absolute Gasteiger partial charge is 0.339 e. The Morgan fingerprint density at radius 1 is 1.08 bits per heavy atom. The summed E-state index contributed by atoms with van der Waals surface area (Å²) in [4.78, 5) is 24.9. The number of aryl methyl sites for hydroxylation is 1. The van der Waals surface area contributed by atoms with Gasteiger partial charge in [-0.3, -0.25) is 19.8 Å². The SMILES string of the molecule is COc1cc(/C=C2/SC(=S)N(c3ccc(Cl)cc3Cl)C2=O)ccc1OS(=O)(=O)c1ccc(C)c([N+](=O)[O-])c1. The van der Waals surface area contributed by atoms with Gasteiger partial charge in [-0.15, -0.1) is 0 Å². The standard InChI is InChI=1S/C24H16Cl2N2O7S3/c1-13-3-6-16(12-19(13)28(30)31)38(32,33)35-20-8-4-14(9-21(20)34-2)10-22-23(29)27(24(36)37-22)18-7-5-15(25)11-17(18)26/h3-12H,1-2H3/b22-10+. The van der Waals surface area contributed by atoms with Crippen molar-refractivity contribution in [2.45, 2.75) is 11.8 Å². The Bertz CT molecular complexity index is 1640. The second kappa shape index (κ2) is 10.9. The molecule has 3 aromatic rings. The third-order valence-corrected chi connectivity index (χ3v) is 8.37. The number of anilines is 1. The number of nitro benzene ring substituents is 1. The van der Waals surface area contributed by atoms with E-state index in [2.05, 4.69) is 0 Å². The zero-order chi connectivity index (χ0) is 27.8. The number of ether oxygens (including phenoxy) is 1. The van der Waals surface area contributed by atoms with Gasteiger partial charge in [-0.05, 0) is 55.0 Å². The van der Waals surface area contributed by atoms with E-state index in [9.17, 15) is 23.3 Å². The first-order chi connectivity index (χ1) is 17.9. The van der Waals surface area contributed by atoms with Crippen molar-refractivity contribution in [1.29, 1.82) is 0 Å². The highest BCUT2D eigenvalue weighted by Gasteiger charge is 2.34. The zero-order valence-electron chi connectivity index (χ0n) is 19.5. The Hall–Kier alpha value is -3.16. The molecule has 1 aliphatic rings. The van der Waals surface area contributed by atoms with Gasteiger partial charge in [0.1, 0.15) is 4.90 Å². The maximum Gasteiger partial charge on any atom is 0.339 e. The highest BCUT2D eigenvalue weighted by atomic mass is 35.5. The Morgan fingerprint density at radius 2 is 1.82 bits per heavy atom. The molecule has 1 saturated heterocycles. The van der Waals surface area contributed by atoms with Crippen molar-refractivity contribution in [3.8, 4) is 11.5 Å². The molecule has 0 bridgehead atoms. The number of methoxy groups -OCH3 is 1. The van der Waals surface area contributed by atoms with E-state index in [4.69, 9.17) is 44.3 Å². The van der Waals surface area contributed by atoms with Gasteiger partial charge in [-0.25, -0.2) is 0 Å². The molecule has 3 aromatic carbocycles. The van der Waals surface area contributed by atoms with Crippen LogP contribution in [-0.2, 0) is 14.9 Å². The van der Waals surface area contributed by atoms with Crippen molar-refractivity contribution < 1.29 is 27.1 Å². The largest absolute Gasteiger partial charge is 0.493 e. The molecule has 1 amide bonds. The summed E-state index contributed by atoms with van der Waals surface area (Å²) in [7, 11) is -3.10. The highest BCUT2D eigenvalue weighted by molar-refractivity contribution is 8.27. The molecular formula is C24H16Cl2N2O7S3. The van der Waals surface area contributed by atoms with E-state index >= 15 is 0 Å². The maximum atomic E-state index is 13.1. The lowest BCUT2D eigenvalue weighted by Gasteiger charge is -2.16. The van der Waals surface area contributed by atoms with Gasteiger partial charge in [0.05, 0.1) is 27.6 Å². The van der Waals surface area contributed by atoms with Gasteiger partial charge in [-0.1, -0.05) is 59.3 Å². The first kappa shape index (κ1) is 27.9. The molecule has 1 fully saturated rings. The molecule has 38 heavy (non-hydrogen) atoms. The lowest BCUT2D eigenvalue weighted by molar-refractivity contribution is -0.385. The number of rotatable bonds is 7. The van der Waals surface area contributed by atoms with Crippen molar-refractivity contribution in [2.24, 2.45) is 0 Å². The second-order valence-electron chi connectivity index (χ2n) is 7.77. The fraction of sp³-hybridized carbons (Fsp3) is 0.0833. The van der Waals surface area contributed by atoms with Gasteiger partial charge in [0, 0.05) is 16.7 Å². The van der Waals surface area contributed by atoms with Crippen LogP contribution in [0.1, 0.15) is 11.1 Å². The second-order valence-corrected chi connectivity index (χ2v) is 11.8. The fourth-order valence-electron chi connectivity index (χ4n) is 3.44. The normalized spacial score (nSPS) is 14.7. The summed E-state index contributed by atoms with van der Waals surface area (Å²) >= 11 is 18.6. The molecule has 0 aliphatic carbocycles. The number of hydrogen-bond donors (Lipinski definition) is 0. The number of carbonyl (C=O) groups is 1. The first-order valence-electron chi connectivity index (χ1n) is 10.5. The van der Waals surface area contributed by atoms with E-state index in [0.717, 1.165) is 17.8 Å². The maximum absolute atomic E-state index is 13.1. The predicted octanol–water partition coefficient (Wildman–Crippen LogP) is 6.39. The minimum absolute atomic E-state index is 0.0557. The Kier molecular flexibility index (Phi) is 8.00. The fourth-order valence-corrected chi connectivity index (χ4v) is 6.18. The van der Waals surface area contributed by atoms with Crippen LogP contribution in [0.4, 0.5) is 11.4 Å². The summed E-state index contributed by atoms with van der Waals surface area (Å²) in [6.07, 6.45) is 1.56. The molecular weight excluding hydrogens is 595 g/mol. The number of amides is 1. The van der Waals surface area contributed by atoms with Crippen LogP contribution >= 0.6 is 47.2 Å². The number of nitrogens with zero attached hydrogens (tertiary/aromatic N) is 2. The van der Waals surface area contributed by atoms with Crippen molar-refractivity contribution in [1.82, 2.24) is 0 Å². The van der Waals surface area contributed by atoms with Crippen LogP contribution in [0.5, 0.6) is 11.5 Å². The van der Waals surface area contributed by atoms with Crippen molar-refractivity contribution in [2.75, 3.05) is 12.0 Å². The van der Waals surface area contributed by atoms with Crippen LogP contribution < -0.4 is 13.8 Å². The van der Waals surface area contributed by atoms with Crippen molar-refractivity contribution in [3.05, 3.63) is 90.8 Å². The number of carbonyl (C=O) groups excluding carboxylic acids is 1. The molecule has 0 atom stereocenters. The number of thioether (sulfide) groups is 1. The minimum Gasteiger partial charge on any atom is -0.493 e. The molecule has 0 aromatic heterocycles. The molecule has 1 aliphatic heterocycles. The summed E-state index contributed by atoms with van der Waals surface area (Å²) in [5, 5.41) is 11.9. The third-order valence-electron chi connectivity index (χ3n) is 5.30. The molecule has 0 unspecified atom stereocenters. The predicted molar refractivity (Wildman–Crippen MR) is 151 cm³/mol. The van der Waals surface area contributed by atoms with E-state index in [1.54, 1.807) is 18.2 Å². The summed E-state index contributed by atoms with van der Waals surface area (Å²) in [5.74, 6) is -0.486. The molecule has 1 heterocycles. The number of thiocarbonyl (C=S) groups is 1. The van der Waals surface area contributed by atoms with Crippen LogP contribution in [0.2, 0.25) is 10.0 Å². The first-order valence-corrected chi connectivity index (χ1v) is 13.9. The lowest BCUT2D eigenvalue weighted by atomic mass is 10.2. The average molecular weight is 612 g/mol. The van der Waals surface area contributed by atoms with E-state index in [1.807, 2.05) is 0 Å². The highest BCUT2D eigenvalue weighted by Crippen LogP contribution is 2.40. The van der Waals surface area contributed by atoms with Gasteiger partial charge < -0.3 is 8.92 Å². The Balaban J connectivity index is 1.61. The molecule has 196 valence electrons. The summed E-state index contributed by atoms with van der Waals surface area (Å²) in [5.41, 5.74) is 0.846.